The van der Waals surface area contributed by atoms with Crippen LogP contribution in [0.15, 0.2) is 12.1 Å². The summed E-state index contributed by atoms with van der Waals surface area (Å²) in [7, 11) is -0.717. The second-order valence-corrected chi connectivity index (χ2v) is 10.7. The van der Waals surface area contributed by atoms with Crippen LogP contribution >= 0.6 is 0 Å². The summed E-state index contributed by atoms with van der Waals surface area (Å²) in [5.41, 5.74) is -0.456. The molecule has 0 radical (unpaired) electrons. The van der Waals surface area contributed by atoms with Gasteiger partial charge in [-0.05, 0) is 66.8 Å². The maximum Gasteiger partial charge on any atom is 0.489 e. The molecule has 0 aromatic rings. The largest absolute Gasteiger partial charge is 0.489 e. The van der Waals surface area contributed by atoms with Crippen LogP contribution in [0.5, 0.6) is 0 Å². The predicted molar refractivity (Wildman–Crippen MR) is 112 cm³/mol. The summed E-state index contributed by atoms with van der Waals surface area (Å²) in [6.45, 7) is 21.3. The van der Waals surface area contributed by atoms with Gasteiger partial charge in [-0.1, -0.05) is 32.1 Å². The van der Waals surface area contributed by atoms with Crippen molar-refractivity contribution in [1.82, 2.24) is 0 Å². The molecule has 1 unspecified atom stereocenters. The van der Waals surface area contributed by atoms with E-state index in [1.165, 1.54) is 32.1 Å². The fourth-order valence-corrected chi connectivity index (χ4v) is 4.38. The van der Waals surface area contributed by atoms with Gasteiger partial charge in [0.1, 0.15) is 0 Å². The van der Waals surface area contributed by atoms with Gasteiger partial charge in [0, 0.05) is 5.82 Å². The van der Waals surface area contributed by atoms with E-state index in [0.717, 1.165) is 5.47 Å². The molecule has 1 saturated carbocycles. The Morgan fingerprint density at radius 3 is 1.59 bits per heavy atom. The monoisotopic (exact) mass is 376 g/mol. The Kier molecular flexibility index (Phi) is 5.47. The van der Waals surface area contributed by atoms with Gasteiger partial charge >= 0.3 is 14.2 Å². The average Bonchev–Trinajstić information content (AvgIpc) is 2.88. The summed E-state index contributed by atoms with van der Waals surface area (Å²) in [4.78, 5) is 0. The van der Waals surface area contributed by atoms with Crippen molar-refractivity contribution in [2.45, 2.75) is 116 Å². The number of rotatable bonds is 4. The molecule has 3 aliphatic rings. The Bertz CT molecular complexity index is 547. The minimum absolute atomic E-state index is 0.0843. The van der Waals surface area contributed by atoms with E-state index in [2.05, 4.69) is 62.0 Å². The fourth-order valence-electron chi connectivity index (χ4n) is 4.38. The summed E-state index contributed by atoms with van der Waals surface area (Å²) in [5, 5.41) is 0. The van der Waals surface area contributed by atoms with E-state index in [9.17, 15) is 0 Å². The van der Waals surface area contributed by atoms with Crippen LogP contribution < -0.4 is 0 Å². The Morgan fingerprint density at radius 1 is 0.741 bits per heavy atom. The van der Waals surface area contributed by atoms with Gasteiger partial charge in [-0.15, -0.1) is 6.58 Å². The fraction of sp³-hybridized carbons (Fsp3) is 0.905. The molecule has 2 aliphatic heterocycles. The van der Waals surface area contributed by atoms with Crippen molar-refractivity contribution in [3.05, 3.63) is 12.1 Å². The van der Waals surface area contributed by atoms with Crippen LogP contribution in [0.4, 0.5) is 0 Å². The standard InChI is InChI=1S/C21H38B2O4/c1-15(22-24-18(2,3)19(4,5)25-22)17(16-13-11-10-12-14-16)23-26-20(6,7)21(8,9)27-23/h16-17H,1,10-14H2,2-9H3. The predicted octanol–water partition coefficient (Wildman–Crippen LogP) is 5.22. The molecular formula is C21H38B2O4. The van der Waals surface area contributed by atoms with Crippen molar-refractivity contribution in [1.29, 1.82) is 0 Å². The van der Waals surface area contributed by atoms with Crippen LogP contribution in [0, 0.1) is 5.92 Å². The van der Waals surface area contributed by atoms with Crippen LogP contribution in [-0.4, -0.2) is 36.6 Å². The molecule has 1 atom stereocenters. The van der Waals surface area contributed by atoms with E-state index in [1.54, 1.807) is 0 Å². The highest BCUT2D eigenvalue weighted by Crippen LogP contribution is 2.49. The number of hydrogen-bond donors (Lipinski definition) is 0. The highest BCUT2D eigenvalue weighted by molar-refractivity contribution is 6.60. The molecule has 0 aromatic carbocycles. The third-order valence-corrected chi connectivity index (χ3v) is 7.71. The molecule has 3 fully saturated rings. The van der Waals surface area contributed by atoms with Crippen LogP contribution in [-0.2, 0) is 18.6 Å². The van der Waals surface area contributed by atoms with Crippen LogP contribution in [0.25, 0.3) is 0 Å². The molecule has 27 heavy (non-hydrogen) atoms. The van der Waals surface area contributed by atoms with Gasteiger partial charge in [-0.25, -0.2) is 0 Å². The topological polar surface area (TPSA) is 36.9 Å². The molecule has 0 aromatic heterocycles. The second-order valence-electron chi connectivity index (χ2n) is 10.7. The van der Waals surface area contributed by atoms with Gasteiger partial charge in [0.15, 0.2) is 0 Å². The lowest BCUT2D eigenvalue weighted by Gasteiger charge is -2.33. The number of allylic oxidation sites excluding steroid dienone is 1. The zero-order valence-electron chi connectivity index (χ0n) is 18.7. The highest BCUT2D eigenvalue weighted by Gasteiger charge is 2.59. The molecule has 2 heterocycles. The minimum Gasteiger partial charge on any atom is -0.403 e. The Hall–Kier alpha value is -0.290. The smallest absolute Gasteiger partial charge is 0.403 e. The lowest BCUT2D eigenvalue weighted by Crippen LogP contribution is -2.41. The van der Waals surface area contributed by atoms with Gasteiger partial charge in [-0.3, -0.25) is 0 Å². The number of hydrogen-bond acceptors (Lipinski definition) is 4. The summed E-state index contributed by atoms with van der Waals surface area (Å²) < 4.78 is 25.6. The third-order valence-electron chi connectivity index (χ3n) is 7.71. The van der Waals surface area contributed by atoms with Gasteiger partial charge in [0.25, 0.3) is 0 Å². The van der Waals surface area contributed by atoms with Crippen molar-refractivity contribution >= 4 is 14.2 Å². The molecule has 0 bridgehead atoms. The Labute approximate surface area is 167 Å². The molecule has 0 N–H and O–H groups in total. The van der Waals surface area contributed by atoms with Crippen molar-refractivity contribution in [3.8, 4) is 0 Å². The first-order valence-electron chi connectivity index (χ1n) is 10.7. The molecule has 2 saturated heterocycles. The molecule has 0 amide bonds. The first-order chi connectivity index (χ1) is 12.3. The normalized spacial score (nSPS) is 30.5. The van der Waals surface area contributed by atoms with E-state index in [0.29, 0.717) is 5.92 Å². The van der Waals surface area contributed by atoms with Gasteiger partial charge < -0.3 is 18.6 Å². The first kappa shape index (κ1) is 21.4. The summed E-state index contributed by atoms with van der Waals surface area (Å²) in [6.07, 6.45) is 6.21. The van der Waals surface area contributed by atoms with Gasteiger partial charge in [0.2, 0.25) is 0 Å². The third kappa shape index (κ3) is 3.80. The quantitative estimate of drug-likeness (QED) is 0.631. The average molecular weight is 376 g/mol. The lowest BCUT2D eigenvalue weighted by atomic mass is 9.51. The van der Waals surface area contributed by atoms with E-state index in [-0.39, 0.29) is 35.3 Å². The van der Waals surface area contributed by atoms with Gasteiger partial charge in [-0.2, -0.15) is 0 Å². The van der Waals surface area contributed by atoms with Crippen LogP contribution in [0.3, 0.4) is 0 Å². The van der Waals surface area contributed by atoms with Crippen molar-refractivity contribution in [3.63, 3.8) is 0 Å². The van der Waals surface area contributed by atoms with E-state index < -0.39 is 7.12 Å². The maximum absolute atomic E-state index is 6.47. The lowest BCUT2D eigenvalue weighted by molar-refractivity contribution is 0.00578. The van der Waals surface area contributed by atoms with Gasteiger partial charge in [0.05, 0.1) is 22.4 Å². The molecule has 6 heteroatoms. The van der Waals surface area contributed by atoms with E-state index in [4.69, 9.17) is 18.6 Å². The zero-order valence-corrected chi connectivity index (χ0v) is 18.7. The summed E-state index contributed by atoms with van der Waals surface area (Å²) in [6, 6.07) is 0. The van der Waals surface area contributed by atoms with Crippen molar-refractivity contribution < 1.29 is 18.6 Å². The zero-order chi connectivity index (χ0) is 20.3. The van der Waals surface area contributed by atoms with E-state index in [1.807, 2.05) is 0 Å². The molecule has 4 nitrogen and oxygen atoms in total. The van der Waals surface area contributed by atoms with Crippen LogP contribution in [0.2, 0.25) is 5.82 Å². The first-order valence-corrected chi connectivity index (χ1v) is 10.7. The van der Waals surface area contributed by atoms with Crippen LogP contribution in [0.1, 0.15) is 87.5 Å². The molecule has 0 spiro atoms. The van der Waals surface area contributed by atoms with Crippen molar-refractivity contribution in [2.75, 3.05) is 0 Å². The summed E-state index contributed by atoms with van der Waals surface area (Å²) in [5.74, 6) is 0.584. The SMILES string of the molecule is C=C(B1OC(C)(C)C(C)(C)O1)C(B1OC(C)(C)C(C)(C)O1)C1CCCCC1. The Balaban J connectivity index is 1.86. The molecule has 1 aliphatic carbocycles. The second kappa shape index (κ2) is 6.90. The highest BCUT2D eigenvalue weighted by atomic mass is 16.7. The van der Waals surface area contributed by atoms with Crippen molar-refractivity contribution in [2.24, 2.45) is 5.92 Å². The summed E-state index contributed by atoms with van der Waals surface area (Å²) >= 11 is 0. The molecule has 3 rings (SSSR count). The maximum atomic E-state index is 6.47. The molecule has 152 valence electrons. The van der Waals surface area contributed by atoms with E-state index >= 15 is 0 Å². The molecular weight excluding hydrogens is 338 g/mol. The minimum atomic E-state index is -0.416. The Morgan fingerprint density at radius 2 is 1.15 bits per heavy atom.